The Balaban J connectivity index is 1.59. The lowest BCUT2D eigenvalue weighted by Gasteiger charge is -2.30. The van der Waals surface area contributed by atoms with Gasteiger partial charge in [-0.05, 0) is 35.4 Å². The minimum atomic E-state index is -0.156. The van der Waals surface area contributed by atoms with Crippen molar-refractivity contribution in [1.29, 1.82) is 0 Å². The molecule has 0 amide bonds. The molecule has 2 atom stereocenters. The third-order valence-corrected chi connectivity index (χ3v) is 6.51. The highest BCUT2D eigenvalue weighted by atomic mass is 35.5. The summed E-state index contributed by atoms with van der Waals surface area (Å²) < 4.78 is 9.17. The Morgan fingerprint density at radius 3 is 2.77 bits per heavy atom. The average Bonchev–Trinajstić information content (AvgIpc) is 3.08. The van der Waals surface area contributed by atoms with E-state index in [4.69, 9.17) is 16.3 Å². The van der Waals surface area contributed by atoms with Crippen LogP contribution in [0.15, 0.2) is 47.3 Å². The second-order valence-corrected chi connectivity index (χ2v) is 7.99. The summed E-state index contributed by atoms with van der Waals surface area (Å²) in [6.07, 6.45) is 0. The first-order valence-corrected chi connectivity index (χ1v) is 10.1. The van der Waals surface area contributed by atoms with Gasteiger partial charge in [0.15, 0.2) is 0 Å². The topological polar surface area (TPSA) is 45.3 Å². The molecule has 1 fully saturated rings. The summed E-state index contributed by atoms with van der Waals surface area (Å²) in [7, 11) is 0. The van der Waals surface area contributed by atoms with Crippen molar-refractivity contribution in [3.05, 3.63) is 63.9 Å². The van der Waals surface area contributed by atoms with E-state index in [-0.39, 0.29) is 16.9 Å². The van der Waals surface area contributed by atoms with Crippen molar-refractivity contribution in [3.8, 4) is 0 Å². The highest BCUT2D eigenvalue weighted by molar-refractivity contribution is 7.13. The van der Waals surface area contributed by atoms with Crippen LogP contribution in [0.1, 0.15) is 29.3 Å². The van der Waals surface area contributed by atoms with Gasteiger partial charge in [-0.1, -0.05) is 36.7 Å². The number of halogens is 1. The van der Waals surface area contributed by atoms with Crippen molar-refractivity contribution in [2.24, 2.45) is 0 Å². The number of rotatable bonds is 4. The fourth-order valence-electron chi connectivity index (χ4n) is 3.42. The number of fused-ring (bicyclic) bond motifs is 1. The van der Waals surface area contributed by atoms with Crippen LogP contribution >= 0.6 is 23.1 Å². The van der Waals surface area contributed by atoms with E-state index in [1.54, 1.807) is 0 Å². The van der Waals surface area contributed by atoms with Gasteiger partial charge in [-0.2, -0.15) is 0 Å². The van der Waals surface area contributed by atoms with Crippen molar-refractivity contribution in [1.82, 2.24) is 4.37 Å². The van der Waals surface area contributed by atoms with Gasteiger partial charge in [0, 0.05) is 24.7 Å². The summed E-state index contributed by atoms with van der Waals surface area (Å²) in [6.45, 7) is 5.55. The van der Waals surface area contributed by atoms with Gasteiger partial charge in [-0.3, -0.25) is 9.17 Å². The zero-order valence-corrected chi connectivity index (χ0v) is 16.1. The Morgan fingerprint density at radius 2 is 1.96 bits per heavy atom. The maximum Gasteiger partial charge on any atom is 0.265 e. The second kappa shape index (κ2) is 7.43. The monoisotopic (exact) mass is 388 g/mol. The van der Waals surface area contributed by atoms with Crippen molar-refractivity contribution in [3.63, 3.8) is 0 Å². The largest absolute Gasteiger partial charge is 0.378 e. The minimum Gasteiger partial charge on any atom is -0.378 e. The Labute approximate surface area is 161 Å². The van der Waals surface area contributed by atoms with E-state index in [0.29, 0.717) is 0 Å². The maximum atomic E-state index is 11.7. The molecule has 3 aromatic rings. The number of nitrogens with one attached hydrogen (secondary N) is 1. The summed E-state index contributed by atoms with van der Waals surface area (Å²) in [5.74, 6) is 0.158. The van der Waals surface area contributed by atoms with E-state index < -0.39 is 0 Å². The number of H-pyrrole nitrogens is 1. The molecule has 6 heteroatoms. The van der Waals surface area contributed by atoms with Gasteiger partial charge < -0.3 is 9.64 Å². The number of nitrogens with zero attached hydrogens (tertiary/aromatic N) is 1. The normalized spacial score (nSPS) is 17.4. The lowest BCUT2D eigenvalue weighted by Crippen LogP contribution is -2.36. The molecule has 1 N–H and O–H groups in total. The SMILES string of the molecule is CC(c1cccc(N2CCOCC2)c1)C(Cl)c1ccc2c(=O)[nH]sc2c1. The summed E-state index contributed by atoms with van der Waals surface area (Å²) in [6, 6.07) is 14.5. The van der Waals surface area contributed by atoms with E-state index in [2.05, 4.69) is 40.5 Å². The van der Waals surface area contributed by atoms with E-state index in [1.165, 1.54) is 22.8 Å². The molecule has 2 heterocycles. The molecule has 2 aromatic carbocycles. The third kappa shape index (κ3) is 3.39. The molecule has 1 saturated heterocycles. The average molecular weight is 389 g/mol. The molecule has 4 rings (SSSR count). The van der Waals surface area contributed by atoms with Crippen LogP contribution < -0.4 is 10.5 Å². The molecular weight excluding hydrogens is 368 g/mol. The standard InChI is InChI=1S/C20H21ClN2O2S/c1-13(14-3-2-4-16(11-14)23-7-9-25-10-8-23)19(21)15-5-6-17-18(12-15)26-22-20(17)24/h2-6,11-13,19H,7-10H2,1H3,(H,22,24). The first kappa shape index (κ1) is 17.6. The Bertz CT molecular complexity index is 962. The molecule has 136 valence electrons. The van der Waals surface area contributed by atoms with Crippen molar-refractivity contribution in [2.45, 2.75) is 18.2 Å². The summed E-state index contributed by atoms with van der Waals surface area (Å²) in [4.78, 5) is 14.1. The van der Waals surface area contributed by atoms with Crippen LogP contribution in [0.3, 0.4) is 0 Å². The van der Waals surface area contributed by atoms with E-state index in [9.17, 15) is 4.79 Å². The molecule has 2 unspecified atom stereocenters. The van der Waals surface area contributed by atoms with Crippen molar-refractivity contribution in [2.75, 3.05) is 31.2 Å². The number of hydrogen-bond donors (Lipinski definition) is 1. The number of anilines is 1. The first-order valence-electron chi connectivity index (χ1n) is 8.81. The molecule has 0 bridgehead atoms. The molecule has 0 saturated carbocycles. The van der Waals surface area contributed by atoms with E-state index >= 15 is 0 Å². The maximum absolute atomic E-state index is 11.7. The van der Waals surface area contributed by atoms with Gasteiger partial charge >= 0.3 is 0 Å². The van der Waals surface area contributed by atoms with Crippen LogP contribution in [0.4, 0.5) is 5.69 Å². The van der Waals surface area contributed by atoms with Gasteiger partial charge in [0.25, 0.3) is 5.56 Å². The molecule has 1 aromatic heterocycles. The predicted molar refractivity (Wildman–Crippen MR) is 109 cm³/mol. The van der Waals surface area contributed by atoms with Gasteiger partial charge in [0.05, 0.1) is 28.7 Å². The molecule has 0 aliphatic carbocycles. The summed E-state index contributed by atoms with van der Waals surface area (Å²) in [5, 5.41) is 0.570. The number of aromatic nitrogens is 1. The van der Waals surface area contributed by atoms with Crippen LogP contribution in [0, 0.1) is 0 Å². The Kier molecular flexibility index (Phi) is 5.02. The lowest BCUT2D eigenvalue weighted by molar-refractivity contribution is 0.122. The number of aromatic amines is 1. The number of ether oxygens (including phenoxy) is 1. The predicted octanol–water partition coefficient (Wildman–Crippen LogP) is 4.51. The zero-order valence-electron chi connectivity index (χ0n) is 14.6. The van der Waals surface area contributed by atoms with Crippen LogP contribution in [0.25, 0.3) is 10.1 Å². The Hall–Kier alpha value is -1.82. The second-order valence-electron chi connectivity index (χ2n) is 6.67. The molecule has 1 aliphatic rings. The van der Waals surface area contributed by atoms with Gasteiger partial charge in [-0.25, -0.2) is 0 Å². The minimum absolute atomic E-state index is 0.0334. The van der Waals surface area contributed by atoms with Crippen LogP contribution in [-0.4, -0.2) is 30.7 Å². The highest BCUT2D eigenvalue weighted by Gasteiger charge is 2.21. The van der Waals surface area contributed by atoms with Gasteiger partial charge in [-0.15, -0.1) is 11.6 Å². The summed E-state index contributed by atoms with van der Waals surface area (Å²) in [5.41, 5.74) is 3.45. The van der Waals surface area contributed by atoms with Crippen molar-refractivity contribution < 1.29 is 4.74 Å². The van der Waals surface area contributed by atoms with E-state index in [1.807, 2.05) is 18.2 Å². The van der Waals surface area contributed by atoms with Gasteiger partial charge in [0.1, 0.15) is 0 Å². The zero-order chi connectivity index (χ0) is 18.1. The van der Waals surface area contributed by atoms with Crippen LogP contribution in [0.5, 0.6) is 0 Å². The number of hydrogen-bond acceptors (Lipinski definition) is 4. The van der Waals surface area contributed by atoms with Crippen LogP contribution in [0.2, 0.25) is 0 Å². The summed E-state index contributed by atoms with van der Waals surface area (Å²) >= 11 is 8.18. The molecule has 0 radical (unpaired) electrons. The van der Waals surface area contributed by atoms with E-state index in [0.717, 1.165) is 42.0 Å². The Morgan fingerprint density at radius 1 is 1.15 bits per heavy atom. The quantitative estimate of drug-likeness (QED) is 0.669. The smallest absolute Gasteiger partial charge is 0.265 e. The molecule has 0 spiro atoms. The highest BCUT2D eigenvalue weighted by Crippen LogP contribution is 2.38. The van der Waals surface area contributed by atoms with Gasteiger partial charge in [0.2, 0.25) is 0 Å². The number of benzene rings is 2. The molecule has 4 nitrogen and oxygen atoms in total. The fourth-order valence-corrected chi connectivity index (χ4v) is 4.48. The molecule has 26 heavy (non-hydrogen) atoms. The van der Waals surface area contributed by atoms with Crippen molar-refractivity contribution >= 4 is 38.9 Å². The lowest BCUT2D eigenvalue weighted by atomic mass is 9.92. The number of alkyl halides is 1. The molecular formula is C20H21ClN2O2S. The van der Waals surface area contributed by atoms with Crippen LogP contribution in [-0.2, 0) is 4.74 Å². The first-order chi connectivity index (χ1) is 12.6. The fraction of sp³-hybridized carbons (Fsp3) is 0.350. The number of morpholine rings is 1. The third-order valence-electron chi connectivity index (χ3n) is 5.03. The molecule has 1 aliphatic heterocycles.